The van der Waals surface area contributed by atoms with Crippen molar-refractivity contribution >= 4 is 11.9 Å². The molecule has 0 spiro atoms. The summed E-state index contributed by atoms with van der Waals surface area (Å²) in [5, 5.41) is 11.7. The Labute approximate surface area is 117 Å². The van der Waals surface area contributed by atoms with Gasteiger partial charge in [0.25, 0.3) is 0 Å². The van der Waals surface area contributed by atoms with Gasteiger partial charge < -0.3 is 15.2 Å². The molecular weight excluding hydrogens is 258 g/mol. The first-order valence-corrected chi connectivity index (χ1v) is 6.80. The number of carboxylic acid groups (broad SMARTS) is 1. The molecule has 5 heteroatoms. The third-order valence-corrected chi connectivity index (χ3v) is 3.46. The Balaban J connectivity index is 1.71. The van der Waals surface area contributed by atoms with Gasteiger partial charge in [-0.3, -0.25) is 9.59 Å². The van der Waals surface area contributed by atoms with Crippen LogP contribution in [0.3, 0.4) is 0 Å². The van der Waals surface area contributed by atoms with Crippen molar-refractivity contribution in [3.05, 3.63) is 35.9 Å². The highest BCUT2D eigenvalue weighted by Gasteiger charge is 2.34. The molecular formula is C15H19NO4. The van der Waals surface area contributed by atoms with E-state index in [1.54, 1.807) is 0 Å². The number of nitrogens with one attached hydrogen (secondary N) is 1. The summed E-state index contributed by atoms with van der Waals surface area (Å²) in [7, 11) is 0. The van der Waals surface area contributed by atoms with Crippen LogP contribution in [0.5, 0.6) is 0 Å². The highest BCUT2D eigenvalue weighted by Crippen LogP contribution is 2.14. The molecule has 2 atom stereocenters. The van der Waals surface area contributed by atoms with E-state index in [0.29, 0.717) is 6.42 Å². The fraction of sp³-hybridized carbons (Fsp3) is 0.467. The molecule has 0 aromatic heterocycles. The van der Waals surface area contributed by atoms with Crippen LogP contribution in [0.25, 0.3) is 0 Å². The molecule has 0 aliphatic carbocycles. The van der Waals surface area contributed by atoms with Crippen LogP contribution in [-0.2, 0) is 20.7 Å². The molecule has 20 heavy (non-hydrogen) atoms. The fourth-order valence-corrected chi connectivity index (χ4v) is 2.32. The van der Waals surface area contributed by atoms with Gasteiger partial charge >= 0.3 is 5.97 Å². The molecule has 1 heterocycles. The summed E-state index contributed by atoms with van der Waals surface area (Å²) in [6, 6.07) is 9.57. The number of benzene rings is 1. The van der Waals surface area contributed by atoms with Crippen LogP contribution < -0.4 is 5.32 Å². The van der Waals surface area contributed by atoms with E-state index in [4.69, 9.17) is 9.84 Å². The van der Waals surface area contributed by atoms with Gasteiger partial charge in [0.05, 0.1) is 19.3 Å². The summed E-state index contributed by atoms with van der Waals surface area (Å²) in [6.45, 7) is 0.450. The minimum atomic E-state index is -0.919. The molecule has 0 bridgehead atoms. The van der Waals surface area contributed by atoms with Gasteiger partial charge in [-0.25, -0.2) is 0 Å². The van der Waals surface area contributed by atoms with E-state index in [-0.39, 0.29) is 19.1 Å². The molecule has 5 nitrogen and oxygen atoms in total. The number of ether oxygens (including phenoxy) is 1. The third kappa shape index (κ3) is 4.06. The predicted octanol–water partition coefficient (Wildman–Crippen LogP) is 1.23. The van der Waals surface area contributed by atoms with Crippen molar-refractivity contribution in [1.29, 1.82) is 0 Å². The van der Waals surface area contributed by atoms with E-state index in [9.17, 15) is 9.59 Å². The molecule has 1 amide bonds. The number of aryl methyl sites for hydroxylation is 1. The van der Waals surface area contributed by atoms with Crippen molar-refractivity contribution in [2.24, 2.45) is 5.92 Å². The van der Waals surface area contributed by atoms with E-state index >= 15 is 0 Å². The van der Waals surface area contributed by atoms with Crippen LogP contribution in [0.4, 0.5) is 0 Å². The van der Waals surface area contributed by atoms with Crippen molar-refractivity contribution in [2.75, 3.05) is 13.2 Å². The second kappa shape index (κ2) is 7.05. The first-order valence-electron chi connectivity index (χ1n) is 6.80. The van der Waals surface area contributed by atoms with Crippen molar-refractivity contribution in [3.8, 4) is 0 Å². The number of rotatable bonds is 6. The highest BCUT2D eigenvalue weighted by molar-refractivity contribution is 5.78. The monoisotopic (exact) mass is 277 g/mol. The Morgan fingerprint density at radius 3 is 2.70 bits per heavy atom. The zero-order chi connectivity index (χ0) is 14.4. The molecule has 1 saturated heterocycles. The van der Waals surface area contributed by atoms with Gasteiger partial charge in [0.2, 0.25) is 5.91 Å². The summed E-state index contributed by atoms with van der Waals surface area (Å²) in [6.07, 6.45) is 2.00. The van der Waals surface area contributed by atoms with Gasteiger partial charge in [-0.2, -0.15) is 0 Å². The number of hydrogen-bond acceptors (Lipinski definition) is 3. The molecule has 1 aliphatic heterocycles. The van der Waals surface area contributed by atoms with Gasteiger partial charge in [0.1, 0.15) is 5.92 Å². The van der Waals surface area contributed by atoms with Gasteiger partial charge in [-0.15, -0.1) is 0 Å². The molecule has 2 unspecified atom stereocenters. The second-order valence-corrected chi connectivity index (χ2v) is 5.00. The first kappa shape index (κ1) is 14.5. The standard InChI is InChI=1S/C15H19NO4/c17-14(8-4-7-11-5-2-1-3-6-11)16-13-10-20-9-12(13)15(18)19/h1-3,5-6,12-13H,4,7-10H2,(H,16,17)(H,18,19). The van der Waals surface area contributed by atoms with Crippen LogP contribution >= 0.6 is 0 Å². The Bertz CT molecular complexity index is 460. The average Bonchev–Trinajstić information content (AvgIpc) is 2.88. The zero-order valence-corrected chi connectivity index (χ0v) is 11.2. The molecule has 1 aliphatic rings. The molecule has 2 N–H and O–H groups in total. The maximum absolute atomic E-state index is 11.8. The SMILES string of the molecule is O=C(CCCc1ccccc1)NC1COCC1C(=O)O. The lowest BCUT2D eigenvalue weighted by Gasteiger charge is -2.15. The Morgan fingerprint density at radius 1 is 1.25 bits per heavy atom. The molecule has 1 aromatic rings. The van der Waals surface area contributed by atoms with Crippen LogP contribution in [0.2, 0.25) is 0 Å². The maximum Gasteiger partial charge on any atom is 0.311 e. The average molecular weight is 277 g/mol. The normalized spacial score (nSPS) is 21.6. The summed E-state index contributed by atoms with van der Waals surface area (Å²) in [5.74, 6) is -1.66. The Kier molecular flexibility index (Phi) is 5.12. The predicted molar refractivity (Wildman–Crippen MR) is 73.3 cm³/mol. The summed E-state index contributed by atoms with van der Waals surface area (Å²) in [4.78, 5) is 22.8. The first-order chi connectivity index (χ1) is 9.66. The Morgan fingerprint density at radius 2 is 2.00 bits per heavy atom. The van der Waals surface area contributed by atoms with E-state index in [2.05, 4.69) is 5.32 Å². The highest BCUT2D eigenvalue weighted by atomic mass is 16.5. The molecule has 108 valence electrons. The zero-order valence-electron chi connectivity index (χ0n) is 11.2. The molecule has 2 rings (SSSR count). The number of carboxylic acids is 1. The molecule has 1 fully saturated rings. The number of carbonyl (C=O) groups excluding carboxylic acids is 1. The minimum absolute atomic E-state index is 0.109. The smallest absolute Gasteiger partial charge is 0.311 e. The number of aliphatic carboxylic acids is 1. The van der Waals surface area contributed by atoms with Crippen LogP contribution in [-0.4, -0.2) is 36.2 Å². The quantitative estimate of drug-likeness (QED) is 0.820. The molecule has 1 aromatic carbocycles. The Hall–Kier alpha value is -1.88. The van der Waals surface area contributed by atoms with Crippen molar-refractivity contribution in [1.82, 2.24) is 5.32 Å². The maximum atomic E-state index is 11.8. The summed E-state index contributed by atoms with van der Waals surface area (Å²) >= 11 is 0. The van der Waals surface area contributed by atoms with Crippen molar-refractivity contribution in [2.45, 2.75) is 25.3 Å². The second-order valence-electron chi connectivity index (χ2n) is 5.00. The van der Waals surface area contributed by atoms with Gasteiger partial charge in [-0.05, 0) is 18.4 Å². The fourth-order valence-electron chi connectivity index (χ4n) is 2.32. The van der Waals surface area contributed by atoms with Crippen LogP contribution in [0.1, 0.15) is 18.4 Å². The van der Waals surface area contributed by atoms with Crippen molar-refractivity contribution in [3.63, 3.8) is 0 Å². The van der Waals surface area contributed by atoms with E-state index in [0.717, 1.165) is 12.8 Å². The van der Waals surface area contributed by atoms with Crippen LogP contribution in [0, 0.1) is 5.92 Å². The largest absolute Gasteiger partial charge is 0.481 e. The minimum Gasteiger partial charge on any atom is -0.481 e. The summed E-state index contributed by atoms with van der Waals surface area (Å²) < 4.78 is 5.11. The third-order valence-electron chi connectivity index (χ3n) is 3.46. The number of hydrogen-bond donors (Lipinski definition) is 2. The van der Waals surface area contributed by atoms with Crippen molar-refractivity contribution < 1.29 is 19.4 Å². The lowest BCUT2D eigenvalue weighted by molar-refractivity contribution is -0.142. The van der Waals surface area contributed by atoms with Crippen LogP contribution in [0.15, 0.2) is 30.3 Å². The van der Waals surface area contributed by atoms with Gasteiger partial charge in [-0.1, -0.05) is 30.3 Å². The van der Waals surface area contributed by atoms with E-state index in [1.165, 1.54) is 5.56 Å². The van der Waals surface area contributed by atoms with E-state index in [1.807, 2.05) is 30.3 Å². The lowest BCUT2D eigenvalue weighted by Crippen LogP contribution is -2.42. The topological polar surface area (TPSA) is 75.6 Å². The van der Waals surface area contributed by atoms with Gasteiger partial charge in [0.15, 0.2) is 0 Å². The lowest BCUT2D eigenvalue weighted by atomic mass is 10.0. The van der Waals surface area contributed by atoms with E-state index < -0.39 is 17.9 Å². The summed E-state index contributed by atoms with van der Waals surface area (Å²) in [5.41, 5.74) is 1.20. The number of carbonyl (C=O) groups is 2. The van der Waals surface area contributed by atoms with Gasteiger partial charge in [0, 0.05) is 6.42 Å². The molecule has 0 saturated carbocycles. The number of amides is 1. The molecule has 0 radical (unpaired) electrons.